The Balaban J connectivity index is 0. The molecule has 50 heavy (non-hydrogen) atoms. The van der Waals surface area contributed by atoms with Gasteiger partial charge < -0.3 is 9.47 Å². The van der Waals surface area contributed by atoms with E-state index in [1.165, 1.54) is 128 Å². The molecule has 0 aromatic carbocycles. The Bertz CT molecular complexity index is 618. The molecule has 0 rings (SSSR count). The molecule has 0 amide bonds. The predicted octanol–water partition coefficient (Wildman–Crippen LogP) is 15.3. The average molecular weight is 750 g/mol. The summed E-state index contributed by atoms with van der Waals surface area (Å²) in [5.74, 6) is 1.84. The van der Waals surface area contributed by atoms with Gasteiger partial charge in [-0.15, -0.1) is 23.2 Å². The molecule has 0 aromatic heterocycles. The molecule has 0 aliphatic heterocycles. The second kappa shape index (κ2) is 44.7. The van der Waals surface area contributed by atoms with Crippen LogP contribution >= 0.6 is 23.2 Å². The lowest BCUT2D eigenvalue weighted by atomic mass is 9.94. The van der Waals surface area contributed by atoms with Crippen LogP contribution in [0.1, 0.15) is 233 Å². The number of alkyl halides is 2. The molecule has 0 fully saturated rings. The topological polar surface area (TPSA) is 52.6 Å². The number of hydrogen-bond acceptors (Lipinski definition) is 4. The highest BCUT2D eigenvalue weighted by molar-refractivity contribution is 6.18. The average Bonchev–Trinajstić information content (AvgIpc) is 3.12. The minimum Gasteiger partial charge on any atom is -0.465 e. The van der Waals surface area contributed by atoms with Crippen molar-refractivity contribution in [3.8, 4) is 0 Å². The van der Waals surface area contributed by atoms with E-state index in [1.807, 2.05) is 0 Å². The van der Waals surface area contributed by atoms with Crippen LogP contribution in [0.25, 0.3) is 0 Å². The summed E-state index contributed by atoms with van der Waals surface area (Å²) in [4.78, 5) is 24.8. The maximum atomic E-state index is 12.4. The molecule has 0 bridgehead atoms. The molecule has 4 nitrogen and oxygen atoms in total. The maximum Gasteiger partial charge on any atom is 0.308 e. The van der Waals surface area contributed by atoms with Gasteiger partial charge in [-0.1, -0.05) is 182 Å². The number of hydrogen-bond donors (Lipinski definition) is 0. The van der Waals surface area contributed by atoms with Crippen LogP contribution in [0.4, 0.5) is 0 Å². The van der Waals surface area contributed by atoms with Crippen molar-refractivity contribution in [1.29, 1.82) is 0 Å². The minimum atomic E-state index is 0.0578. The zero-order chi connectivity index (χ0) is 37.2. The van der Waals surface area contributed by atoms with E-state index < -0.39 is 0 Å². The summed E-state index contributed by atoms with van der Waals surface area (Å²) in [6.45, 7) is 10.1. The molecule has 0 radical (unpaired) electrons. The van der Waals surface area contributed by atoms with Crippen molar-refractivity contribution >= 4 is 35.1 Å². The lowest BCUT2D eigenvalue weighted by molar-refractivity contribution is -0.150. The first-order valence-electron chi connectivity index (χ1n) is 22.0. The number of rotatable bonds is 38. The first-order chi connectivity index (χ1) is 24.5. The van der Waals surface area contributed by atoms with E-state index in [-0.39, 0.29) is 23.8 Å². The van der Waals surface area contributed by atoms with Crippen LogP contribution in [0.5, 0.6) is 0 Å². The number of carbonyl (C=O) groups excluding carboxylic acids is 2. The Morgan fingerprint density at radius 1 is 0.360 bits per heavy atom. The quantitative estimate of drug-likeness (QED) is 0.0358. The van der Waals surface area contributed by atoms with Gasteiger partial charge in [0.25, 0.3) is 0 Å². The Hall–Kier alpha value is -0.480. The van der Waals surface area contributed by atoms with Gasteiger partial charge in [-0.25, -0.2) is 0 Å². The summed E-state index contributed by atoms with van der Waals surface area (Å²) in [6, 6.07) is 0. The van der Waals surface area contributed by atoms with E-state index in [0.717, 1.165) is 88.8 Å². The van der Waals surface area contributed by atoms with Crippen molar-refractivity contribution in [3.63, 3.8) is 0 Å². The SMILES string of the molecule is CCCCCCCCC(CCCCCC)C(=O)OCCCCCCCl.CCCCCCCCC(CCCCCC)C(=O)OCCCCCCCl. The van der Waals surface area contributed by atoms with Gasteiger partial charge in [0, 0.05) is 11.8 Å². The summed E-state index contributed by atoms with van der Waals surface area (Å²) in [6.07, 6.45) is 37.9. The van der Waals surface area contributed by atoms with Gasteiger partial charge in [-0.05, 0) is 51.4 Å². The smallest absolute Gasteiger partial charge is 0.308 e. The molecule has 2 atom stereocenters. The van der Waals surface area contributed by atoms with Crippen LogP contribution in [0.2, 0.25) is 0 Å². The Labute approximate surface area is 323 Å². The second-order valence-electron chi connectivity index (χ2n) is 14.7. The van der Waals surface area contributed by atoms with Crippen LogP contribution in [-0.4, -0.2) is 36.9 Å². The van der Waals surface area contributed by atoms with Crippen molar-refractivity contribution in [3.05, 3.63) is 0 Å². The predicted molar refractivity (Wildman–Crippen MR) is 221 cm³/mol. The van der Waals surface area contributed by atoms with Crippen molar-refractivity contribution in [2.45, 2.75) is 233 Å². The third-order valence-electron chi connectivity index (χ3n) is 9.84. The lowest BCUT2D eigenvalue weighted by Gasteiger charge is -2.16. The fourth-order valence-electron chi connectivity index (χ4n) is 6.42. The molecule has 300 valence electrons. The van der Waals surface area contributed by atoms with Crippen molar-refractivity contribution in [2.24, 2.45) is 11.8 Å². The van der Waals surface area contributed by atoms with Gasteiger partial charge in [-0.2, -0.15) is 0 Å². The Morgan fingerprint density at radius 2 is 0.600 bits per heavy atom. The van der Waals surface area contributed by atoms with E-state index in [2.05, 4.69) is 27.7 Å². The second-order valence-corrected chi connectivity index (χ2v) is 15.5. The number of ether oxygens (including phenoxy) is 2. The molecule has 0 aliphatic rings. The largest absolute Gasteiger partial charge is 0.465 e. The number of unbranched alkanes of at least 4 members (excludes halogenated alkanes) is 22. The van der Waals surface area contributed by atoms with E-state index in [0.29, 0.717) is 13.2 Å². The highest BCUT2D eigenvalue weighted by atomic mass is 35.5. The maximum absolute atomic E-state index is 12.4. The van der Waals surface area contributed by atoms with Gasteiger partial charge >= 0.3 is 11.9 Å². The summed E-state index contributed by atoms with van der Waals surface area (Å²) in [7, 11) is 0. The fraction of sp³-hybridized carbons (Fsp3) is 0.955. The van der Waals surface area contributed by atoms with Gasteiger partial charge in [0.05, 0.1) is 25.0 Å². The summed E-state index contributed by atoms with van der Waals surface area (Å²) < 4.78 is 11.1. The summed E-state index contributed by atoms with van der Waals surface area (Å²) in [5.41, 5.74) is 0. The number of carbonyl (C=O) groups is 2. The molecule has 0 aromatic rings. The minimum absolute atomic E-state index is 0.0578. The van der Waals surface area contributed by atoms with Crippen molar-refractivity contribution < 1.29 is 19.1 Å². The van der Waals surface area contributed by atoms with E-state index in [1.54, 1.807) is 0 Å². The molecular weight excluding hydrogens is 663 g/mol. The summed E-state index contributed by atoms with van der Waals surface area (Å²) in [5, 5.41) is 0. The standard InChI is InChI=1S/2C22H43ClO2/c2*1-3-5-7-9-10-14-18-21(17-13-8-6-4-2)22(24)25-20-16-12-11-15-19-23/h2*21H,3-20H2,1-2H3. The molecule has 6 heteroatoms. The third kappa shape index (κ3) is 38.7. The van der Waals surface area contributed by atoms with Crippen LogP contribution in [0.15, 0.2) is 0 Å². The monoisotopic (exact) mass is 749 g/mol. The molecule has 0 aliphatic carbocycles. The lowest BCUT2D eigenvalue weighted by Crippen LogP contribution is -2.18. The molecule has 0 saturated carbocycles. The van der Waals surface area contributed by atoms with E-state index in [9.17, 15) is 9.59 Å². The zero-order valence-electron chi connectivity index (χ0n) is 34.0. The fourth-order valence-corrected chi connectivity index (χ4v) is 6.80. The molecule has 0 heterocycles. The number of esters is 2. The van der Waals surface area contributed by atoms with E-state index in [4.69, 9.17) is 32.7 Å². The molecular formula is C44H86Cl2O4. The first-order valence-corrected chi connectivity index (χ1v) is 23.0. The molecule has 0 saturated heterocycles. The van der Waals surface area contributed by atoms with Gasteiger partial charge in [0.1, 0.15) is 0 Å². The third-order valence-corrected chi connectivity index (χ3v) is 10.4. The van der Waals surface area contributed by atoms with Gasteiger partial charge in [0.15, 0.2) is 0 Å². The van der Waals surface area contributed by atoms with Crippen molar-refractivity contribution in [2.75, 3.05) is 25.0 Å². The number of halogens is 2. The Morgan fingerprint density at radius 3 is 0.900 bits per heavy atom. The van der Waals surface area contributed by atoms with Crippen LogP contribution in [-0.2, 0) is 19.1 Å². The Kier molecular flexibility index (Phi) is 46.1. The van der Waals surface area contributed by atoms with Crippen LogP contribution in [0.3, 0.4) is 0 Å². The first kappa shape index (κ1) is 51.6. The van der Waals surface area contributed by atoms with Gasteiger partial charge in [0.2, 0.25) is 0 Å². The molecule has 2 unspecified atom stereocenters. The van der Waals surface area contributed by atoms with Crippen LogP contribution < -0.4 is 0 Å². The van der Waals surface area contributed by atoms with Gasteiger partial charge in [-0.3, -0.25) is 9.59 Å². The molecule has 0 N–H and O–H groups in total. The highest BCUT2D eigenvalue weighted by Crippen LogP contribution is 2.22. The normalized spacial score (nSPS) is 12.3. The van der Waals surface area contributed by atoms with Crippen molar-refractivity contribution in [1.82, 2.24) is 0 Å². The highest BCUT2D eigenvalue weighted by Gasteiger charge is 2.20. The molecule has 0 spiro atoms. The summed E-state index contributed by atoms with van der Waals surface area (Å²) >= 11 is 11.4. The van der Waals surface area contributed by atoms with Crippen LogP contribution in [0, 0.1) is 11.8 Å². The van der Waals surface area contributed by atoms with E-state index >= 15 is 0 Å². The zero-order valence-corrected chi connectivity index (χ0v) is 35.5.